The summed E-state index contributed by atoms with van der Waals surface area (Å²) in [5, 5.41) is 0. The quantitative estimate of drug-likeness (QED) is 0.270. The molecule has 11 aliphatic carbocycles. The molecule has 0 aliphatic heterocycles. The van der Waals surface area contributed by atoms with Crippen molar-refractivity contribution in [2.75, 3.05) is 0 Å². The number of fused-ring (bicyclic) bond motifs is 6. The molecule has 0 spiro atoms. The first-order valence-corrected chi connectivity index (χ1v) is 26.9. The molecule has 0 amide bonds. The SMILES string of the molecule is C1CCC(C2C3CCCCC3C(C3C4CCCCC4C(C4C5CCCCC5C(C5CCCCC5)C5CCCCC54)C4CCCCC43)C3CCCCC32)CC1. The summed E-state index contributed by atoms with van der Waals surface area (Å²) in [5.74, 6) is 22.7. The van der Waals surface area contributed by atoms with Gasteiger partial charge in [-0.1, -0.05) is 141 Å². The van der Waals surface area contributed by atoms with Crippen molar-refractivity contribution in [3.63, 3.8) is 0 Å². The van der Waals surface area contributed by atoms with Crippen molar-refractivity contribution in [1.29, 1.82) is 0 Å². The van der Waals surface area contributed by atoms with E-state index >= 15 is 0 Å². The van der Waals surface area contributed by atoms with Crippen molar-refractivity contribution >= 4 is 0 Å². The van der Waals surface area contributed by atoms with Gasteiger partial charge in [-0.3, -0.25) is 0 Å². The van der Waals surface area contributed by atoms with Crippen LogP contribution in [0.3, 0.4) is 0 Å². The zero-order chi connectivity index (χ0) is 35.6. The highest BCUT2D eigenvalue weighted by Gasteiger charge is 2.64. The first-order chi connectivity index (χ1) is 26.9. The average Bonchev–Trinajstić information content (AvgIpc) is 3.25. The highest BCUT2D eigenvalue weighted by molar-refractivity contribution is 5.12. The van der Waals surface area contributed by atoms with E-state index in [2.05, 4.69) is 0 Å². The maximum atomic E-state index is 1.67. The van der Waals surface area contributed by atoms with Crippen LogP contribution < -0.4 is 0 Å². The Hall–Kier alpha value is 0. The Bertz CT molecular complexity index is 1050. The third-order valence-corrected chi connectivity index (χ3v) is 22.5. The van der Waals surface area contributed by atoms with E-state index in [4.69, 9.17) is 0 Å². The first kappa shape index (κ1) is 37.0. The molecule has 304 valence electrons. The first-order valence-electron chi connectivity index (χ1n) is 26.9. The Balaban J connectivity index is 0.975. The lowest BCUT2D eigenvalue weighted by Gasteiger charge is -2.68. The molecule has 0 heterocycles. The maximum Gasteiger partial charge on any atom is -0.0318 e. The Morgan fingerprint density at radius 1 is 0.130 bits per heavy atom. The van der Waals surface area contributed by atoms with Gasteiger partial charge in [0.15, 0.2) is 0 Å². The van der Waals surface area contributed by atoms with Crippen LogP contribution in [0, 0.1) is 118 Å². The average molecular weight is 737 g/mol. The van der Waals surface area contributed by atoms with Crippen molar-refractivity contribution in [1.82, 2.24) is 0 Å². The second kappa shape index (κ2) is 16.2. The molecule has 54 heavy (non-hydrogen) atoms. The molecule has 0 aromatic heterocycles. The van der Waals surface area contributed by atoms with Crippen LogP contribution in [0.2, 0.25) is 0 Å². The van der Waals surface area contributed by atoms with Gasteiger partial charge in [0.25, 0.3) is 0 Å². The standard InChI is InChI=1S/C54H88/c1-3-19-35(20-4-1)49-37-23-7-11-27-41(37)51(42-28-12-8-24-38(42)49)53-45-31-15-17-33-47(45)54(48-34-18-16-32-46(48)53)52-43-29-13-9-25-39(43)50(36-21-5-2-6-22-36)40-26-10-14-30-44(40)52/h35-54H,1-34H2. The van der Waals surface area contributed by atoms with Crippen molar-refractivity contribution in [3.8, 4) is 0 Å². The molecule has 0 saturated heterocycles. The van der Waals surface area contributed by atoms with E-state index in [-0.39, 0.29) is 0 Å². The maximum absolute atomic E-state index is 1.67. The smallest absolute Gasteiger partial charge is 0.0318 e. The van der Waals surface area contributed by atoms with Gasteiger partial charge in [0.2, 0.25) is 0 Å². The Labute approximate surface area is 335 Å². The summed E-state index contributed by atoms with van der Waals surface area (Å²) in [4.78, 5) is 0. The Morgan fingerprint density at radius 3 is 0.463 bits per heavy atom. The van der Waals surface area contributed by atoms with Gasteiger partial charge < -0.3 is 0 Å². The van der Waals surface area contributed by atoms with Crippen molar-refractivity contribution in [3.05, 3.63) is 0 Å². The van der Waals surface area contributed by atoms with Gasteiger partial charge in [-0.15, -0.1) is 0 Å². The fraction of sp³-hybridized carbons (Fsp3) is 1.00. The lowest BCUT2D eigenvalue weighted by molar-refractivity contribution is -0.196. The molecular weight excluding hydrogens is 649 g/mol. The van der Waals surface area contributed by atoms with Crippen LogP contribution in [0.4, 0.5) is 0 Å². The predicted octanol–water partition coefficient (Wildman–Crippen LogP) is 15.7. The van der Waals surface area contributed by atoms with Crippen molar-refractivity contribution < 1.29 is 0 Å². The highest BCUT2D eigenvalue weighted by Crippen LogP contribution is 2.71. The fourth-order valence-corrected chi connectivity index (χ4v) is 21.5. The third kappa shape index (κ3) is 6.35. The van der Waals surface area contributed by atoms with E-state index in [9.17, 15) is 0 Å². The largest absolute Gasteiger partial charge is 0.0533 e. The molecular formula is C54H88. The Morgan fingerprint density at radius 2 is 0.278 bits per heavy atom. The van der Waals surface area contributed by atoms with E-state index in [0.29, 0.717) is 0 Å². The number of hydrogen-bond acceptors (Lipinski definition) is 0. The van der Waals surface area contributed by atoms with Crippen molar-refractivity contribution in [2.45, 2.75) is 218 Å². The summed E-state index contributed by atoms with van der Waals surface area (Å²) in [6.45, 7) is 0. The van der Waals surface area contributed by atoms with Crippen molar-refractivity contribution in [2.24, 2.45) is 118 Å². The highest BCUT2D eigenvalue weighted by atomic mass is 14.7. The third-order valence-electron chi connectivity index (χ3n) is 22.5. The lowest BCUT2D eigenvalue weighted by Crippen LogP contribution is -2.62. The molecule has 11 saturated carbocycles. The van der Waals surface area contributed by atoms with E-state index in [1.54, 1.807) is 218 Å². The second-order valence-corrected chi connectivity index (χ2v) is 23.9. The van der Waals surface area contributed by atoms with Crippen LogP contribution in [0.15, 0.2) is 0 Å². The molecule has 0 aromatic rings. The second-order valence-electron chi connectivity index (χ2n) is 23.9. The molecule has 12 unspecified atom stereocenters. The van der Waals surface area contributed by atoms with Crippen LogP contribution in [0.5, 0.6) is 0 Å². The molecule has 0 radical (unpaired) electrons. The fourth-order valence-electron chi connectivity index (χ4n) is 21.5. The summed E-state index contributed by atoms with van der Waals surface area (Å²) in [7, 11) is 0. The van der Waals surface area contributed by atoms with Gasteiger partial charge in [-0.25, -0.2) is 0 Å². The van der Waals surface area contributed by atoms with Gasteiger partial charge in [0.05, 0.1) is 0 Å². The zero-order valence-electron chi connectivity index (χ0n) is 35.6. The molecule has 0 heteroatoms. The number of hydrogen-bond donors (Lipinski definition) is 0. The van der Waals surface area contributed by atoms with Gasteiger partial charge in [-0.2, -0.15) is 0 Å². The molecule has 11 rings (SSSR count). The summed E-state index contributed by atoms with van der Waals surface area (Å²) in [6.07, 6.45) is 55.0. The van der Waals surface area contributed by atoms with Gasteiger partial charge in [0, 0.05) is 0 Å². The molecule has 12 atom stereocenters. The van der Waals surface area contributed by atoms with Gasteiger partial charge in [-0.05, 0) is 195 Å². The lowest BCUT2D eigenvalue weighted by atomic mass is 9.37. The molecule has 0 aromatic carbocycles. The topological polar surface area (TPSA) is 0 Å². The Kier molecular flexibility index (Phi) is 11.1. The van der Waals surface area contributed by atoms with Crippen LogP contribution in [0.25, 0.3) is 0 Å². The summed E-state index contributed by atoms with van der Waals surface area (Å²) < 4.78 is 0. The molecule has 0 nitrogen and oxygen atoms in total. The predicted molar refractivity (Wildman–Crippen MR) is 227 cm³/mol. The monoisotopic (exact) mass is 737 g/mol. The molecule has 0 N–H and O–H groups in total. The van der Waals surface area contributed by atoms with E-state index in [1.807, 2.05) is 0 Å². The van der Waals surface area contributed by atoms with Crippen LogP contribution in [0.1, 0.15) is 218 Å². The van der Waals surface area contributed by atoms with E-state index in [1.165, 1.54) is 0 Å². The van der Waals surface area contributed by atoms with E-state index in [0.717, 1.165) is 118 Å². The van der Waals surface area contributed by atoms with E-state index < -0.39 is 0 Å². The molecule has 0 bridgehead atoms. The van der Waals surface area contributed by atoms with Crippen LogP contribution in [-0.2, 0) is 0 Å². The van der Waals surface area contributed by atoms with Crippen LogP contribution in [-0.4, -0.2) is 0 Å². The van der Waals surface area contributed by atoms with Gasteiger partial charge in [0.1, 0.15) is 0 Å². The zero-order valence-corrected chi connectivity index (χ0v) is 35.6. The summed E-state index contributed by atoms with van der Waals surface area (Å²) in [6, 6.07) is 0. The number of rotatable bonds is 4. The van der Waals surface area contributed by atoms with Gasteiger partial charge >= 0.3 is 0 Å². The molecule has 11 fully saturated rings. The summed E-state index contributed by atoms with van der Waals surface area (Å²) >= 11 is 0. The normalized spacial score (nSPS) is 53.1. The minimum atomic E-state index is 1.12. The molecule has 11 aliphatic rings. The minimum Gasteiger partial charge on any atom is -0.0533 e. The summed E-state index contributed by atoms with van der Waals surface area (Å²) in [5.41, 5.74) is 0. The van der Waals surface area contributed by atoms with Crippen LogP contribution >= 0.6 is 0 Å². The minimum absolute atomic E-state index is 1.12.